The Morgan fingerprint density at radius 1 is 1.47 bits per heavy atom. The largest absolute Gasteiger partial charge is 0.464 e. The summed E-state index contributed by atoms with van der Waals surface area (Å²) in [4.78, 5) is 4.07. The SMILES string of the molecule is CS(=O)(=O)N1CC(Oc2nc3c(F)cccc3s2)C1. The molecule has 1 fully saturated rings. The van der Waals surface area contributed by atoms with Crippen molar-refractivity contribution in [3.63, 3.8) is 0 Å². The molecule has 0 saturated carbocycles. The molecule has 0 spiro atoms. The number of para-hydroxylation sites is 1. The van der Waals surface area contributed by atoms with Crippen LogP contribution < -0.4 is 4.74 Å². The molecule has 2 heterocycles. The van der Waals surface area contributed by atoms with Gasteiger partial charge in [0, 0.05) is 0 Å². The number of halogens is 1. The van der Waals surface area contributed by atoms with E-state index < -0.39 is 10.0 Å². The third kappa shape index (κ3) is 2.43. The Morgan fingerprint density at radius 2 is 2.21 bits per heavy atom. The molecule has 1 saturated heterocycles. The van der Waals surface area contributed by atoms with Crippen molar-refractivity contribution in [2.45, 2.75) is 6.10 Å². The minimum atomic E-state index is -3.15. The highest BCUT2D eigenvalue weighted by molar-refractivity contribution is 7.88. The average molecular weight is 302 g/mol. The van der Waals surface area contributed by atoms with Gasteiger partial charge in [0.2, 0.25) is 10.0 Å². The number of hydrogen-bond donors (Lipinski definition) is 0. The molecule has 1 aliphatic heterocycles. The van der Waals surface area contributed by atoms with E-state index in [4.69, 9.17) is 4.74 Å². The zero-order valence-electron chi connectivity index (χ0n) is 10.0. The molecule has 3 rings (SSSR count). The number of thiazole rings is 1. The van der Waals surface area contributed by atoms with Crippen molar-refractivity contribution in [2.75, 3.05) is 19.3 Å². The molecular weight excluding hydrogens is 291 g/mol. The van der Waals surface area contributed by atoms with Gasteiger partial charge in [-0.15, -0.1) is 0 Å². The number of ether oxygens (including phenoxy) is 1. The summed E-state index contributed by atoms with van der Waals surface area (Å²) in [6.07, 6.45) is 0.953. The van der Waals surface area contributed by atoms with Crippen LogP contribution in [0, 0.1) is 5.82 Å². The summed E-state index contributed by atoms with van der Waals surface area (Å²) in [5.41, 5.74) is 0.293. The number of benzene rings is 1. The highest BCUT2D eigenvalue weighted by Crippen LogP contribution is 2.31. The molecule has 2 aromatic rings. The topological polar surface area (TPSA) is 59.5 Å². The van der Waals surface area contributed by atoms with Crippen LogP contribution in [-0.4, -0.2) is 43.2 Å². The van der Waals surface area contributed by atoms with Crippen molar-refractivity contribution in [2.24, 2.45) is 0 Å². The fourth-order valence-corrected chi connectivity index (χ4v) is 3.60. The minimum absolute atomic E-state index is 0.210. The van der Waals surface area contributed by atoms with Gasteiger partial charge < -0.3 is 4.74 Å². The lowest BCUT2D eigenvalue weighted by molar-refractivity contribution is 0.0766. The van der Waals surface area contributed by atoms with Gasteiger partial charge in [-0.3, -0.25) is 0 Å². The molecule has 1 aromatic carbocycles. The van der Waals surface area contributed by atoms with Crippen LogP contribution in [-0.2, 0) is 10.0 Å². The summed E-state index contributed by atoms with van der Waals surface area (Å²) < 4.78 is 43.5. The van der Waals surface area contributed by atoms with Gasteiger partial charge in [0.15, 0.2) is 0 Å². The molecule has 0 amide bonds. The van der Waals surface area contributed by atoms with Crippen LogP contribution in [0.15, 0.2) is 18.2 Å². The molecule has 0 N–H and O–H groups in total. The zero-order valence-corrected chi connectivity index (χ0v) is 11.7. The molecule has 5 nitrogen and oxygen atoms in total. The summed E-state index contributed by atoms with van der Waals surface area (Å²) >= 11 is 1.26. The Labute approximate surface area is 113 Å². The van der Waals surface area contributed by atoms with E-state index in [0.717, 1.165) is 6.26 Å². The van der Waals surface area contributed by atoms with E-state index >= 15 is 0 Å². The quantitative estimate of drug-likeness (QED) is 0.861. The number of nitrogens with zero attached hydrogens (tertiary/aromatic N) is 2. The monoisotopic (exact) mass is 302 g/mol. The number of rotatable bonds is 3. The van der Waals surface area contributed by atoms with Crippen molar-refractivity contribution in [3.8, 4) is 5.19 Å². The van der Waals surface area contributed by atoms with Gasteiger partial charge in [0.1, 0.15) is 17.4 Å². The smallest absolute Gasteiger partial charge is 0.274 e. The lowest BCUT2D eigenvalue weighted by atomic mass is 10.2. The number of fused-ring (bicyclic) bond motifs is 1. The van der Waals surface area contributed by atoms with E-state index in [0.29, 0.717) is 28.5 Å². The summed E-state index contributed by atoms with van der Waals surface area (Å²) in [5.74, 6) is -0.380. The summed E-state index contributed by atoms with van der Waals surface area (Å²) in [7, 11) is -3.15. The van der Waals surface area contributed by atoms with Gasteiger partial charge in [-0.25, -0.2) is 12.8 Å². The van der Waals surface area contributed by atoms with Gasteiger partial charge in [0.25, 0.3) is 5.19 Å². The molecule has 1 aliphatic rings. The third-order valence-corrected chi connectivity index (χ3v) is 5.05. The molecular formula is C11H11FN2O3S2. The average Bonchev–Trinajstić information content (AvgIpc) is 2.65. The van der Waals surface area contributed by atoms with Gasteiger partial charge >= 0.3 is 0 Å². The van der Waals surface area contributed by atoms with Crippen LogP contribution in [0.5, 0.6) is 5.19 Å². The predicted molar refractivity (Wildman–Crippen MR) is 70.4 cm³/mol. The maximum atomic E-state index is 13.5. The van der Waals surface area contributed by atoms with Gasteiger partial charge in [0.05, 0.1) is 24.0 Å². The first-order valence-electron chi connectivity index (χ1n) is 5.60. The van der Waals surface area contributed by atoms with Crippen LogP contribution in [0.2, 0.25) is 0 Å². The van der Waals surface area contributed by atoms with Crippen molar-refractivity contribution >= 4 is 31.6 Å². The summed E-state index contributed by atoms with van der Waals surface area (Å²) in [5, 5.41) is 0.373. The van der Waals surface area contributed by atoms with E-state index in [9.17, 15) is 12.8 Å². The van der Waals surface area contributed by atoms with Crippen molar-refractivity contribution in [1.29, 1.82) is 0 Å². The highest BCUT2D eigenvalue weighted by Gasteiger charge is 2.35. The van der Waals surface area contributed by atoms with Gasteiger partial charge in [-0.1, -0.05) is 17.4 Å². The Morgan fingerprint density at radius 3 is 2.84 bits per heavy atom. The second kappa shape index (κ2) is 4.39. The Bertz CT molecular complexity index is 723. The summed E-state index contributed by atoms with van der Waals surface area (Å²) in [6.45, 7) is 0.633. The van der Waals surface area contributed by atoms with Crippen molar-refractivity contribution < 1.29 is 17.5 Å². The Hall–Kier alpha value is -1.25. The maximum absolute atomic E-state index is 13.5. The van der Waals surface area contributed by atoms with E-state index in [2.05, 4.69) is 4.98 Å². The fourth-order valence-electron chi connectivity index (χ4n) is 1.83. The van der Waals surface area contributed by atoms with Crippen LogP contribution in [0.1, 0.15) is 0 Å². The van der Waals surface area contributed by atoms with E-state index in [1.165, 1.54) is 21.7 Å². The van der Waals surface area contributed by atoms with Crippen LogP contribution in [0.3, 0.4) is 0 Å². The second-order valence-electron chi connectivity index (χ2n) is 4.39. The van der Waals surface area contributed by atoms with E-state index in [-0.39, 0.29) is 11.9 Å². The van der Waals surface area contributed by atoms with Gasteiger partial charge in [-0.2, -0.15) is 9.29 Å². The normalized spacial score (nSPS) is 17.6. The Balaban J connectivity index is 1.72. The first kappa shape index (κ1) is 12.8. The molecule has 0 bridgehead atoms. The molecule has 102 valence electrons. The lowest BCUT2D eigenvalue weighted by Gasteiger charge is -2.36. The molecule has 8 heteroatoms. The molecule has 0 radical (unpaired) electrons. The maximum Gasteiger partial charge on any atom is 0.274 e. The summed E-state index contributed by atoms with van der Waals surface area (Å²) in [6, 6.07) is 4.74. The van der Waals surface area contributed by atoms with Crippen LogP contribution in [0.4, 0.5) is 4.39 Å². The van der Waals surface area contributed by atoms with E-state index in [1.54, 1.807) is 12.1 Å². The fraction of sp³-hybridized carbons (Fsp3) is 0.364. The van der Waals surface area contributed by atoms with Gasteiger partial charge in [-0.05, 0) is 12.1 Å². The minimum Gasteiger partial charge on any atom is -0.464 e. The molecule has 19 heavy (non-hydrogen) atoms. The highest BCUT2D eigenvalue weighted by atomic mass is 32.2. The third-order valence-electron chi connectivity index (χ3n) is 2.90. The van der Waals surface area contributed by atoms with Crippen molar-refractivity contribution in [3.05, 3.63) is 24.0 Å². The van der Waals surface area contributed by atoms with Crippen LogP contribution in [0.25, 0.3) is 10.2 Å². The first-order valence-corrected chi connectivity index (χ1v) is 8.27. The van der Waals surface area contributed by atoms with Crippen LogP contribution >= 0.6 is 11.3 Å². The molecule has 0 unspecified atom stereocenters. The number of hydrogen-bond acceptors (Lipinski definition) is 5. The molecule has 0 aliphatic carbocycles. The van der Waals surface area contributed by atoms with E-state index in [1.807, 2.05) is 0 Å². The first-order chi connectivity index (χ1) is 8.93. The second-order valence-corrected chi connectivity index (χ2v) is 7.36. The Kier molecular flexibility index (Phi) is 2.95. The molecule has 1 aromatic heterocycles. The lowest BCUT2D eigenvalue weighted by Crippen LogP contribution is -2.55. The number of aromatic nitrogens is 1. The standard InChI is InChI=1S/C11H11FN2O3S2/c1-19(15,16)14-5-7(6-14)17-11-13-10-8(12)3-2-4-9(10)18-11/h2-4,7H,5-6H2,1H3. The van der Waals surface area contributed by atoms with Crippen molar-refractivity contribution in [1.82, 2.24) is 9.29 Å². The number of sulfonamides is 1. The zero-order chi connectivity index (χ0) is 13.6. The predicted octanol–water partition coefficient (Wildman–Crippen LogP) is 1.46. The molecule has 0 atom stereocenters.